The van der Waals surface area contributed by atoms with E-state index in [4.69, 9.17) is 0 Å². The maximum Gasteiger partial charge on any atom is 0.0240 e. The van der Waals surface area contributed by atoms with Crippen LogP contribution in [0.5, 0.6) is 0 Å². The Morgan fingerprint density at radius 1 is 1.08 bits per heavy atom. The molecule has 0 aromatic rings. The lowest BCUT2D eigenvalue weighted by Crippen LogP contribution is -2.27. The van der Waals surface area contributed by atoms with Crippen molar-refractivity contribution in [3.63, 3.8) is 0 Å². The first-order chi connectivity index (χ1) is 5.86. The van der Waals surface area contributed by atoms with Gasteiger partial charge in [0.2, 0.25) is 0 Å². The number of nitrogens with zero attached hydrogens (tertiary/aromatic N) is 2. The maximum atomic E-state index is 2.61. The van der Waals surface area contributed by atoms with Gasteiger partial charge in [-0.05, 0) is 12.8 Å². The van der Waals surface area contributed by atoms with E-state index in [-0.39, 0.29) is 17.0 Å². The van der Waals surface area contributed by atoms with E-state index in [0.717, 1.165) is 8.88 Å². The molecule has 2 nitrogen and oxygen atoms in total. The Hall–Kier alpha value is 0.830. The minimum atomic E-state index is 0. The van der Waals surface area contributed by atoms with Gasteiger partial charge in [0.15, 0.2) is 0 Å². The third kappa shape index (κ3) is 5.31. The van der Waals surface area contributed by atoms with Crippen LogP contribution in [-0.2, 0) is 0 Å². The molecular weight excluding hydrogens is 247 g/mol. The zero-order valence-electron chi connectivity index (χ0n) is 8.75. The average molecular weight is 269 g/mol. The topological polar surface area (TPSA) is 6.48 Å². The highest BCUT2D eigenvalue weighted by molar-refractivity contribution is 8.93. The summed E-state index contributed by atoms with van der Waals surface area (Å²) in [4.78, 5) is 0. The fraction of sp³-hybridized carbons (Fsp3) is 1.00. The lowest BCUT2D eigenvalue weighted by molar-refractivity contribution is 0.351. The summed E-state index contributed by atoms with van der Waals surface area (Å²) >= 11 is 0. The molecule has 1 atom stereocenters. The highest BCUT2D eigenvalue weighted by atomic mass is 79.9. The fourth-order valence-electron chi connectivity index (χ4n) is 1.56. The second kappa shape index (κ2) is 8.16. The summed E-state index contributed by atoms with van der Waals surface area (Å²) in [5, 5.41) is 0. The van der Waals surface area contributed by atoms with Crippen LogP contribution in [0.1, 0.15) is 33.1 Å². The highest BCUT2D eigenvalue weighted by Gasteiger charge is 2.11. The van der Waals surface area contributed by atoms with E-state index in [1.807, 2.05) is 0 Å². The lowest BCUT2D eigenvalue weighted by atomic mass is 10.2. The van der Waals surface area contributed by atoms with Gasteiger partial charge in [-0.2, -0.15) is 0 Å². The van der Waals surface area contributed by atoms with Crippen molar-refractivity contribution in [3.05, 3.63) is 0 Å². The van der Waals surface area contributed by atoms with Gasteiger partial charge in [-0.25, -0.2) is 0 Å². The van der Waals surface area contributed by atoms with E-state index in [0.29, 0.717) is 0 Å². The van der Waals surface area contributed by atoms with E-state index in [2.05, 4.69) is 23.2 Å². The molecule has 0 spiro atoms. The third-order valence-corrected chi connectivity index (χ3v) is 4.05. The molecule has 1 aliphatic heterocycles. The largest absolute Gasteiger partial charge is 0.273 e. The molecule has 0 N–H and O–H groups in total. The van der Waals surface area contributed by atoms with Gasteiger partial charge in [0, 0.05) is 35.1 Å². The monoisotopic (exact) mass is 268 g/mol. The Morgan fingerprint density at radius 2 is 1.62 bits per heavy atom. The molecule has 1 saturated heterocycles. The normalized spacial score (nSPS) is 19.6. The van der Waals surface area contributed by atoms with Gasteiger partial charge in [-0.15, -0.1) is 17.0 Å². The predicted octanol–water partition coefficient (Wildman–Crippen LogP) is 2.90. The van der Waals surface area contributed by atoms with Gasteiger partial charge in [-0.3, -0.25) is 9.34 Å². The van der Waals surface area contributed by atoms with E-state index >= 15 is 0 Å². The molecule has 1 unspecified atom stereocenters. The quantitative estimate of drug-likeness (QED) is 0.724. The first kappa shape index (κ1) is 13.8. The van der Waals surface area contributed by atoms with Crippen LogP contribution in [0.25, 0.3) is 0 Å². The van der Waals surface area contributed by atoms with Crippen molar-refractivity contribution in [2.45, 2.75) is 33.1 Å². The SMILES string of the molecule is Br.CCN(CC)PN1CCCCC1. The van der Waals surface area contributed by atoms with Crippen LogP contribution in [0.15, 0.2) is 0 Å². The van der Waals surface area contributed by atoms with Gasteiger partial charge in [-0.1, -0.05) is 20.3 Å². The summed E-state index contributed by atoms with van der Waals surface area (Å²) in [6, 6.07) is 0. The van der Waals surface area contributed by atoms with Gasteiger partial charge in [0.05, 0.1) is 0 Å². The molecule has 1 heterocycles. The Balaban J connectivity index is 0.00000144. The number of halogens is 1. The summed E-state index contributed by atoms with van der Waals surface area (Å²) in [7, 11) is 0.939. The van der Waals surface area contributed by atoms with Crippen molar-refractivity contribution in [1.82, 2.24) is 9.34 Å². The molecule has 0 aliphatic carbocycles. The molecule has 0 bridgehead atoms. The number of hydrogen-bond donors (Lipinski definition) is 0. The van der Waals surface area contributed by atoms with E-state index < -0.39 is 0 Å². The molecule has 1 aliphatic rings. The van der Waals surface area contributed by atoms with Crippen molar-refractivity contribution >= 4 is 25.9 Å². The minimum absolute atomic E-state index is 0. The average Bonchev–Trinajstić information content (AvgIpc) is 2.16. The molecule has 0 amide bonds. The summed E-state index contributed by atoms with van der Waals surface area (Å²) in [6.45, 7) is 9.56. The summed E-state index contributed by atoms with van der Waals surface area (Å²) in [5.74, 6) is 0. The van der Waals surface area contributed by atoms with Gasteiger partial charge >= 0.3 is 0 Å². The zero-order chi connectivity index (χ0) is 8.81. The molecule has 80 valence electrons. The molecule has 0 saturated carbocycles. The Bertz CT molecular complexity index is 114. The smallest absolute Gasteiger partial charge is 0.0240 e. The van der Waals surface area contributed by atoms with Crippen molar-refractivity contribution < 1.29 is 0 Å². The van der Waals surface area contributed by atoms with Gasteiger partial charge < -0.3 is 0 Å². The fourth-order valence-corrected chi connectivity index (χ4v) is 2.76. The molecular formula is C9H22BrN2P. The van der Waals surface area contributed by atoms with E-state index in [9.17, 15) is 0 Å². The van der Waals surface area contributed by atoms with E-state index in [1.54, 1.807) is 0 Å². The minimum Gasteiger partial charge on any atom is -0.273 e. The third-order valence-electron chi connectivity index (χ3n) is 2.40. The van der Waals surface area contributed by atoms with Crippen LogP contribution in [0, 0.1) is 0 Å². The molecule has 1 rings (SSSR count). The molecule has 1 fully saturated rings. The molecule has 0 radical (unpaired) electrons. The van der Waals surface area contributed by atoms with Crippen LogP contribution in [0.2, 0.25) is 0 Å². The Labute approximate surface area is 94.7 Å². The highest BCUT2D eigenvalue weighted by Crippen LogP contribution is 2.26. The van der Waals surface area contributed by atoms with Crippen LogP contribution in [0.4, 0.5) is 0 Å². The maximum absolute atomic E-state index is 2.61. The lowest BCUT2D eigenvalue weighted by Gasteiger charge is -2.31. The number of piperidine rings is 1. The van der Waals surface area contributed by atoms with Crippen molar-refractivity contribution in [2.24, 2.45) is 0 Å². The molecule has 13 heavy (non-hydrogen) atoms. The van der Waals surface area contributed by atoms with Crippen LogP contribution in [-0.4, -0.2) is 35.5 Å². The van der Waals surface area contributed by atoms with Gasteiger partial charge in [0.25, 0.3) is 0 Å². The standard InChI is InChI=1S/C9H21N2P.BrH/c1-3-10(4-2)12-11-8-6-5-7-9-11;/h12H,3-9H2,1-2H3;1H. The summed E-state index contributed by atoms with van der Waals surface area (Å²) in [6.07, 6.45) is 4.27. The number of hydrogen-bond acceptors (Lipinski definition) is 2. The predicted molar refractivity (Wildman–Crippen MR) is 67.0 cm³/mol. The summed E-state index contributed by atoms with van der Waals surface area (Å²) < 4.78 is 5.13. The van der Waals surface area contributed by atoms with Gasteiger partial charge in [0.1, 0.15) is 0 Å². The first-order valence-corrected chi connectivity index (χ1v) is 6.02. The van der Waals surface area contributed by atoms with Crippen LogP contribution in [0.3, 0.4) is 0 Å². The van der Waals surface area contributed by atoms with Crippen LogP contribution >= 0.6 is 25.9 Å². The molecule has 0 aromatic heterocycles. The first-order valence-electron chi connectivity index (χ1n) is 5.13. The Kier molecular flexibility index (Phi) is 8.69. The van der Waals surface area contributed by atoms with Crippen molar-refractivity contribution in [3.8, 4) is 0 Å². The second-order valence-corrected chi connectivity index (χ2v) is 4.78. The Morgan fingerprint density at radius 3 is 2.08 bits per heavy atom. The zero-order valence-corrected chi connectivity index (χ0v) is 11.5. The summed E-state index contributed by atoms with van der Waals surface area (Å²) in [5.41, 5.74) is 0. The number of rotatable bonds is 4. The van der Waals surface area contributed by atoms with E-state index in [1.165, 1.54) is 45.4 Å². The van der Waals surface area contributed by atoms with Crippen molar-refractivity contribution in [1.29, 1.82) is 0 Å². The molecule has 0 aromatic carbocycles. The molecule has 4 heteroatoms. The second-order valence-electron chi connectivity index (χ2n) is 3.32. The van der Waals surface area contributed by atoms with Crippen LogP contribution < -0.4 is 0 Å². The van der Waals surface area contributed by atoms with Crippen molar-refractivity contribution in [2.75, 3.05) is 26.2 Å².